The average molecular weight is 1280 g/mol. The molecule has 0 atom stereocenters. The first-order valence-electron chi connectivity index (χ1n) is 34.6. The van der Waals surface area contributed by atoms with Gasteiger partial charge in [0, 0.05) is 43.8 Å². The highest BCUT2D eigenvalue weighted by Crippen LogP contribution is 2.58. The van der Waals surface area contributed by atoms with E-state index in [4.69, 9.17) is 19.9 Å². The first kappa shape index (κ1) is 59.0. The lowest BCUT2D eigenvalue weighted by atomic mass is 9.67. The predicted molar refractivity (Wildman–Crippen MR) is 419 cm³/mol. The second-order valence-electron chi connectivity index (χ2n) is 26.3. The number of nitrogens with zero attached hydrogens (tertiary/aromatic N) is 4. The van der Waals surface area contributed by atoms with Crippen molar-refractivity contribution in [3.63, 3.8) is 0 Å². The average Bonchev–Trinajstić information content (AvgIpc) is 1.55. The molecule has 0 fully saturated rings. The van der Waals surface area contributed by atoms with Crippen LogP contribution in [-0.2, 0) is 5.41 Å². The van der Waals surface area contributed by atoms with Crippen molar-refractivity contribution in [2.75, 3.05) is 0 Å². The SMILES string of the molecule is c1ccc(-c2ccc3c(c2)C(c2ccc(-c4cc(-c5ccccc5)c5ccc6c(-c7ccccc7)cc(-c7ccccc7)nc6c5n4)cc2)(c2ccc(-c4cc(-c5ccccc5)c5ccc6c(-c7ccccc7)cc(-c7ccccc7)nc6c5n4)cc2)c2cc(-c4ccccc4)ccc2-3)cc1. The number of rotatable bonds is 12. The maximum absolute atomic E-state index is 5.76. The van der Waals surface area contributed by atoms with E-state index >= 15 is 0 Å². The Morgan fingerprint density at radius 1 is 0.158 bits per heavy atom. The van der Waals surface area contributed by atoms with E-state index in [1.165, 1.54) is 22.3 Å². The summed E-state index contributed by atoms with van der Waals surface area (Å²) in [6, 6.07) is 136. The molecule has 4 nitrogen and oxygen atoms in total. The molecule has 1 aliphatic rings. The van der Waals surface area contributed by atoms with Gasteiger partial charge in [0.05, 0.1) is 50.3 Å². The monoisotopic (exact) mass is 1280 g/mol. The molecule has 0 aliphatic heterocycles. The van der Waals surface area contributed by atoms with Gasteiger partial charge in [-0.3, -0.25) is 0 Å². The summed E-state index contributed by atoms with van der Waals surface area (Å²) in [5, 5.41) is 4.18. The quantitative estimate of drug-likeness (QED) is 0.114. The molecule has 0 saturated carbocycles. The molecule has 1 aliphatic carbocycles. The van der Waals surface area contributed by atoms with Crippen LogP contribution in [0.25, 0.3) is 167 Å². The summed E-state index contributed by atoms with van der Waals surface area (Å²) >= 11 is 0. The van der Waals surface area contributed by atoms with Crippen LogP contribution in [0.5, 0.6) is 0 Å². The van der Waals surface area contributed by atoms with Crippen LogP contribution in [0.2, 0.25) is 0 Å². The Kier molecular flexibility index (Phi) is 14.4. The molecule has 19 rings (SSSR count). The number of hydrogen-bond donors (Lipinski definition) is 0. The van der Waals surface area contributed by atoms with Gasteiger partial charge >= 0.3 is 0 Å². The van der Waals surface area contributed by atoms with E-state index in [0.717, 1.165) is 167 Å². The topological polar surface area (TPSA) is 51.6 Å². The Hall–Kier alpha value is -13.3. The van der Waals surface area contributed by atoms with Gasteiger partial charge in [-0.25, -0.2) is 19.9 Å². The molecule has 0 spiro atoms. The third-order valence-corrected chi connectivity index (χ3v) is 20.6. The lowest BCUT2D eigenvalue weighted by molar-refractivity contribution is 0.769. The Morgan fingerprint density at radius 2 is 0.376 bits per heavy atom. The zero-order chi connectivity index (χ0) is 66.8. The Balaban J connectivity index is 0.835. The number of fused-ring (bicyclic) bond motifs is 9. The van der Waals surface area contributed by atoms with Gasteiger partial charge in [-0.05, 0) is 137 Å². The van der Waals surface area contributed by atoms with Crippen LogP contribution in [0.1, 0.15) is 22.3 Å². The molecule has 0 radical (unpaired) electrons. The smallest absolute Gasteiger partial charge is 0.0978 e. The Morgan fingerprint density at radius 3 is 0.634 bits per heavy atom. The molecular formula is C97H62N4. The van der Waals surface area contributed by atoms with Crippen molar-refractivity contribution in [2.24, 2.45) is 0 Å². The van der Waals surface area contributed by atoms with Crippen molar-refractivity contribution in [1.82, 2.24) is 19.9 Å². The lowest BCUT2D eigenvalue weighted by Crippen LogP contribution is -2.28. The number of pyridine rings is 4. The minimum Gasteiger partial charge on any atom is -0.245 e. The van der Waals surface area contributed by atoms with Gasteiger partial charge in [0.15, 0.2) is 0 Å². The molecule has 0 unspecified atom stereocenters. The van der Waals surface area contributed by atoms with E-state index in [1.807, 2.05) is 0 Å². The summed E-state index contributed by atoms with van der Waals surface area (Å²) in [5.74, 6) is 0. The maximum atomic E-state index is 5.76. The van der Waals surface area contributed by atoms with Crippen molar-refractivity contribution in [2.45, 2.75) is 5.41 Å². The highest BCUT2D eigenvalue weighted by molar-refractivity contribution is 6.15. The highest BCUT2D eigenvalue weighted by atomic mass is 14.8. The molecule has 0 saturated heterocycles. The van der Waals surface area contributed by atoms with Crippen molar-refractivity contribution < 1.29 is 0 Å². The van der Waals surface area contributed by atoms with E-state index in [-0.39, 0.29) is 0 Å². The molecule has 4 heteroatoms. The minimum atomic E-state index is -0.821. The van der Waals surface area contributed by atoms with Crippen LogP contribution in [0.15, 0.2) is 376 Å². The molecule has 0 amide bonds. The molecule has 18 aromatic rings. The second kappa shape index (κ2) is 24.7. The zero-order valence-electron chi connectivity index (χ0n) is 55.1. The first-order chi connectivity index (χ1) is 50.1. The largest absolute Gasteiger partial charge is 0.245 e. The summed E-state index contributed by atoms with van der Waals surface area (Å²) in [5.41, 5.74) is 30.8. The molecule has 0 N–H and O–H groups in total. The van der Waals surface area contributed by atoms with Crippen LogP contribution in [0.4, 0.5) is 0 Å². The molecular weight excluding hydrogens is 1220 g/mol. The second-order valence-corrected chi connectivity index (χ2v) is 26.3. The normalized spacial score (nSPS) is 12.2. The van der Waals surface area contributed by atoms with Crippen molar-refractivity contribution in [3.8, 4) is 123 Å². The molecule has 4 aromatic heterocycles. The zero-order valence-corrected chi connectivity index (χ0v) is 55.1. The molecule has 4 heterocycles. The van der Waals surface area contributed by atoms with Gasteiger partial charge in [0.2, 0.25) is 0 Å². The van der Waals surface area contributed by atoms with E-state index in [9.17, 15) is 0 Å². The fraction of sp³-hybridized carbons (Fsp3) is 0.0103. The van der Waals surface area contributed by atoms with E-state index in [2.05, 4.69) is 376 Å². The lowest BCUT2D eigenvalue weighted by Gasteiger charge is -2.34. The summed E-state index contributed by atoms with van der Waals surface area (Å²) < 4.78 is 0. The third-order valence-electron chi connectivity index (χ3n) is 20.6. The van der Waals surface area contributed by atoms with E-state index in [0.29, 0.717) is 0 Å². The summed E-state index contributed by atoms with van der Waals surface area (Å²) in [4.78, 5) is 22.6. The van der Waals surface area contributed by atoms with Crippen molar-refractivity contribution >= 4 is 43.6 Å². The Labute approximate surface area is 586 Å². The van der Waals surface area contributed by atoms with E-state index in [1.54, 1.807) is 0 Å². The van der Waals surface area contributed by atoms with Crippen molar-refractivity contribution in [3.05, 3.63) is 398 Å². The van der Waals surface area contributed by atoms with E-state index < -0.39 is 5.41 Å². The first-order valence-corrected chi connectivity index (χ1v) is 34.6. The van der Waals surface area contributed by atoms with Crippen LogP contribution >= 0.6 is 0 Å². The van der Waals surface area contributed by atoms with Crippen LogP contribution < -0.4 is 0 Å². The maximum Gasteiger partial charge on any atom is 0.0978 e. The molecule has 0 bridgehead atoms. The number of hydrogen-bond acceptors (Lipinski definition) is 4. The summed E-state index contributed by atoms with van der Waals surface area (Å²) in [6.45, 7) is 0. The standard InChI is InChI=1S/C97H62N4/c1-9-25-63(26-10-1)73-45-51-77-78-52-46-74(64-27-11-2-12-28-64)58-88(78)97(87(77)57-73,75-47-41-71(42-48-75)91-61-85(67-33-17-5-18-34-67)81-55-53-79-83(65-29-13-3-14-30-65)59-89(69-37-21-7-22-38-69)98-93(79)95(81)100-91)76-49-43-72(44-50-76)92-62-86(68-35-19-6-20-36-68)82-56-54-80-84(66-31-15-4-16-32-66)60-90(70-39-23-8-24-40-70)99-94(80)96(82)101-92/h1-62H. The number of benzene rings is 14. The summed E-state index contributed by atoms with van der Waals surface area (Å²) in [6.07, 6.45) is 0. The molecule has 470 valence electrons. The highest BCUT2D eigenvalue weighted by Gasteiger charge is 2.47. The molecule has 101 heavy (non-hydrogen) atoms. The van der Waals surface area contributed by atoms with Crippen molar-refractivity contribution in [1.29, 1.82) is 0 Å². The van der Waals surface area contributed by atoms with Gasteiger partial charge < -0.3 is 0 Å². The van der Waals surface area contributed by atoms with Gasteiger partial charge in [0.25, 0.3) is 0 Å². The predicted octanol–water partition coefficient (Wildman–Crippen LogP) is 24.9. The third kappa shape index (κ3) is 10.2. The Bertz CT molecular complexity index is 5790. The van der Waals surface area contributed by atoms with Crippen LogP contribution in [0, 0.1) is 0 Å². The molecule has 14 aromatic carbocycles. The summed E-state index contributed by atoms with van der Waals surface area (Å²) in [7, 11) is 0. The van der Waals surface area contributed by atoms with Crippen LogP contribution in [0.3, 0.4) is 0 Å². The fourth-order valence-electron chi connectivity index (χ4n) is 15.7. The van der Waals surface area contributed by atoms with Gasteiger partial charge in [-0.2, -0.15) is 0 Å². The minimum absolute atomic E-state index is 0.821. The van der Waals surface area contributed by atoms with Gasteiger partial charge in [-0.1, -0.05) is 340 Å². The number of aromatic nitrogens is 4. The van der Waals surface area contributed by atoms with Gasteiger partial charge in [-0.15, -0.1) is 0 Å². The van der Waals surface area contributed by atoms with Crippen LogP contribution in [-0.4, -0.2) is 19.9 Å². The van der Waals surface area contributed by atoms with Gasteiger partial charge in [0.1, 0.15) is 0 Å². The fourth-order valence-corrected chi connectivity index (χ4v) is 15.7.